The van der Waals surface area contributed by atoms with Gasteiger partial charge in [-0.2, -0.15) is 0 Å². The average Bonchev–Trinajstić information content (AvgIpc) is 2.81. The van der Waals surface area contributed by atoms with Crippen molar-refractivity contribution in [2.45, 2.75) is 4.90 Å². The fraction of sp³-hybridized carbons (Fsp3) is 0.0714. The Kier molecular flexibility index (Phi) is 3.75. The highest BCUT2D eigenvalue weighted by atomic mass is 35.5. The van der Waals surface area contributed by atoms with Crippen LogP contribution in [0.4, 0.5) is 5.69 Å². The Labute approximate surface area is 134 Å². The lowest BCUT2D eigenvalue weighted by molar-refractivity contribution is 0.0991. The van der Waals surface area contributed by atoms with Crippen LogP contribution in [-0.4, -0.2) is 21.4 Å². The van der Waals surface area contributed by atoms with Gasteiger partial charge < -0.3 is 9.66 Å². The third-order valence-corrected chi connectivity index (χ3v) is 5.06. The van der Waals surface area contributed by atoms with Gasteiger partial charge in [0, 0.05) is 16.7 Å². The van der Waals surface area contributed by atoms with E-state index in [0.29, 0.717) is 10.6 Å². The Hall–Kier alpha value is -1.40. The normalized spacial score (nSPS) is 16.9. The number of carbonyl (C=O) groups is 1. The minimum absolute atomic E-state index is 0.000505. The Morgan fingerprint density at radius 2 is 1.86 bits per heavy atom. The molecule has 108 valence electrons. The summed E-state index contributed by atoms with van der Waals surface area (Å²) in [5.74, 6) is -0.536. The molecule has 7 heteroatoms. The number of hydrogen-bond acceptors (Lipinski definition) is 3. The number of phenols is 1. The van der Waals surface area contributed by atoms with Gasteiger partial charge in [-0.15, -0.1) is 0 Å². The molecule has 1 aliphatic rings. The Balaban J connectivity index is 2.01. The first-order valence-electron chi connectivity index (χ1n) is 5.96. The maximum absolute atomic E-state index is 12.6. The zero-order valence-corrected chi connectivity index (χ0v) is 12.9. The fourth-order valence-electron chi connectivity index (χ4n) is 2.14. The molecule has 1 N–H and O–H groups in total. The van der Waals surface area contributed by atoms with E-state index in [2.05, 4.69) is 0 Å². The van der Waals surface area contributed by atoms with Gasteiger partial charge in [0.1, 0.15) is 5.69 Å². The number of para-hydroxylation sites is 1. The molecule has 0 radical (unpaired) electrons. The molecule has 0 bridgehead atoms. The van der Waals surface area contributed by atoms with Crippen LogP contribution in [0.1, 0.15) is 10.4 Å². The molecule has 3 rings (SSSR count). The molecule has 0 saturated carbocycles. The van der Waals surface area contributed by atoms with Crippen LogP contribution in [0.25, 0.3) is 0 Å². The number of carbonyl (C=O) groups excluding carboxylic acids is 1. The molecule has 0 aromatic heterocycles. The predicted octanol–water partition coefficient (Wildman–Crippen LogP) is 3.42. The first-order valence-corrected chi connectivity index (χ1v) is 8.04. The van der Waals surface area contributed by atoms with E-state index < -0.39 is 11.2 Å². The third-order valence-electron chi connectivity index (χ3n) is 3.16. The number of aromatic hydroxyl groups is 1. The number of benzene rings is 2. The van der Waals surface area contributed by atoms with Crippen molar-refractivity contribution < 1.29 is 14.5 Å². The maximum Gasteiger partial charge on any atom is 0.262 e. The second-order valence-electron chi connectivity index (χ2n) is 4.46. The lowest BCUT2D eigenvalue weighted by Gasteiger charge is -2.14. The van der Waals surface area contributed by atoms with Gasteiger partial charge in [0.15, 0.2) is 16.5 Å². The average molecular weight is 342 g/mol. The SMILES string of the molecule is O=C(c1cc(Cl)c(O)c(Cl)c1)N1C[S+]([O-])c2ccccc21. The summed E-state index contributed by atoms with van der Waals surface area (Å²) < 4.78 is 12.0. The van der Waals surface area contributed by atoms with E-state index in [0.717, 1.165) is 0 Å². The second-order valence-corrected chi connectivity index (χ2v) is 6.67. The summed E-state index contributed by atoms with van der Waals surface area (Å²) in [6.45, 7) is 0. The highest BCUT2D eigenvalue weighted by molar-refractivity contribution is 7.92. The second kappa shape index (κ2) is 5.42. The number of anilines is 1. The number of rotatable bonds is 1. The number of phenolic OH excluding ortho intramolecular Hbond substituents is 1. The zero-order valence-electron chi connectivity index (χ0n) is 10.5. The van der Waals surface area contributed by atoms with Crippen molar-refractivity contribution in [1.29, 1.82) is 0 Å². The molecule has 0 spiro atoms. The standard InChI is InChI=1S/C14H9Cl2NO3S/c15-9-5-8(6-10(16)13(9)18)14(19)17-7-21(20)12-4-2-1-3-11(12)17/h1-6,18H,7H2. The Morgan fingerprint density at radius 1 is 1.24 bits per heavy atom. The third kappa shape index (κ3) is 2.46. The number of nitrogens with zero attached hydrogens (tertiary/aromatic N) is 1. The first-order chi connectivity index (χ1) is 9.99. The summed E-state index contributed by atoms with van der Waals surface area (Å²) in [5, 5.41) is 9.54. The van der Waals surface area contributed by atoms with Gasteiger partial charge in [-0.3, -0.25) is 9.69 Å². The molecule has 1 amide bonds. The van der Waals surface area contributed by atoms with E-state index in [1.54, 1.807) is 24.3 Å². The van der Waals surface area contributed by atoms with Crippen molar-refractivity contribution in [3.63, 3.8) is 0 Å². The quantitative estimate of drug-likeness (QED) is 0.808. The van der Waals surface area contributed by atoms with Gasteiger partial charge in [0.25, 0.3) is 5.91 Å². The molecule has 21 heavy (non-hydrogen) atoms. The van der Waals surface area contributed by atoms with Crippen LogP contribution in [0.2, 0.25) is 10.0 Å². The summed E-state index contributed by atoms with van der Waals surface area (Å²) in [6.07, 6.45) is 0. The molecule has 0 fully saturated rings. The molecule has 2 aromatic carbocycles. The van der Waals surface area contributed by atoms with Crippen LogP contribution in [-0.2, 0) is 11.2 Å². The largest absolute Gasteiger partial charge is 0.610 e. The number of halogens is 2. The first kappa shape index (κ1) is 14.5. The molecule has 1 aliphatic heterocycles. The van der Waals surface area contributed by atoms with E-state index in [9.17, 15) is 14.5 Å². The van der Waals surface area contributed by atoms with Crippen molar-refractivity contribution >= 4 is 46.0 Å². The minimum Gasteiger partial charge on any atom is -0.610 e. The predicted molar refractivity (Wildman–Crippen MR) is 82.7 cm³/mol. The molecular formula is C14H9Cl2NO3S. The molecule has 1 unspecified atom stereocenters. The summed E-state index contributed by atoms with van der Waals surface area (Å²) >= 11 is 10.4. The Morgan fingerprint density at radius 3 is 2.52 bits per heavy atom. The maximum atomic E-state index is 12.6. The molecule has 0 aliphatic carbocycles. The monoisotopic (exact) mass is 341 g/mol. The lowest BCUT2D eigenvalue weighted by atomic mass is 10.1. The Bertz CT molecular complexity index is 715. The highest BCUT2D eigenvalue weighted by Crippen LogP contribution is 2.37. The summed E-state index contributed by atoms with van der Waals surface area (Å²) in [5.41, 5.74) is 0.845. The van der Waals surface area contributed by atoms with Crippen LogP contribution in [0.5, 0.6) is 5.75 Å². The molecule has 4 nitrogen and oxygen atoms in total. The van der Waals surface area contributed by atoms with Gasteiger partial charge >= 0.3 is 0 Å². The fourth-order valence-corrected chi connectivity index (χ4v) is 3.90. The van der Waals surface area contributed by atoms with Crippen molar-refractivity contribution in [3.05, 3.63) is 52.0 Å². The molecule has 1 heterocycles. The molecule has 0 saturated heterocycles. The minimum atomic E-state index is -1.25. The van der Waals surface area contributed by atoms with Crippen molar-refractivity contribution in [1.82, 2.24) is 0 Å². The molecular weight excluding hydrogens is 333 g/mol. The smallest absolute Gasteiger partial charge is 0.262 e. The van der Waals surface area contributed by atoms with Gasteiger partial charge in [0.2, 0.25) is 0 Å². The summed E-state index contributed by atoms with van der Waals surface area (Å²) in [7, 11) is 0. The van der Waals surface area contributed by atoms with Crippen LogP contribution < -0.4 is 4.90 Å². The number of amides is 1. The van der Waals surface area contributed by atoms with E-state index in [1.807, 2.05) is 0 Å². The van der Waals surface area contributed by atoms with Gasteiger partial charge in [-0.05, 0) is 24.3 Å². The van der Waals surface area contributed by atoms with Crippen molar-refractivity contribution in [2.75, 3.05) is 10.8 Å². The molecule has 2 aromatic rings. The highest BCUT2D eigenvalue weighted by Gasteiger charge is 2.35. The van der Waals surface area contributed by atoms with Gasteiger partial charge in [-0.1, -0.05) is 35.3 Å². The van der Waals surface area contributed by atoms with Gasteiger partial charge in [0.05, 0.1) is 10.0 Å². The van der Waals surface area contributed by atoms with E-state index in [4.69, 9.17) is 23.2 Å². The summed E-state index contributed by atoms with van der Waals surface area (Å²) in [4.78, 5) is 14.6. The van der Waals surface area contributed by atoms with E-state index >= 15 is 0 Å². The van der Waals surface area contributed by atoms with E-state index in [-0.39, 0.29) is 33.1 Å². The molecule has 1 atom stereocenters. The van der Waals surface area contributed by atoms with Crippen molar-refractivity contribution in [2.24, 2.45) is 0 Å². The van der Waals surface area contributed by atoms with Crippen LogP contribution >= 0.6 is 23.2 Å². The lowest BCUT2D eigenvalue weighted by Crippen LogP contribution is -2.30. The van der Waals surface area contributed by atoms with E-state index in [1.165, 1.54) is 17.0 Å². The topological polar surface area (TPSA) is 63.6 Å². The van der Waals surface area contributed by atoms with Crippen molar-refractivity contribution in [3.8, 4) is 5.75 Å². The summed E-state index contributed by atoms with van der Waals surface area (Å²) in [6, 6.07) is 9.71. The number of fused-ring (bicyclic) bond motifs is 1. The van der Waals surface area contributed by atoms with Crippen LogP contribution in [0.15, 0.2) is 41.3 Å². The van der Waals surface area contributed by atoms with Crippen LogP contribution in [0, 0.1) is 0 Å². The number of hydrogen-bond donors (Lipinski definition) is 1. The zero-order chi connectivity index (χ0) is 15.1. The van der Waals surface area contributed by atoms with Crippen LogP contribution in [0.3, 0.4) is 0 Å². The van der Waals surface area contributed by atoms with Gasteiger partial charge in [-0.25, -0.2) is 0 Å².